The molecule has 2 amide bonds. The molecule has 0 aromatic heterocycles. The zero-order valence-corrected chi connectivity index (χ0v) is 15.2. The summed E-state index contributed by atoms with van der Waals surface area (Å²) < 4.78 is 18.4. The number of amides is 2. The average Bonchev–Trinajstić information content (AvgIpc) is 2.64. The largest absolute Gasteiger partial charge is 0.479 e. The van der Waals surface area contributed by atoms with Crippen LogP contribution in [0.5, 0.6) is 5.75 Å². The Bertz CT molecular complexity index is 839. The quantitative estimate of drug-likeness (QED) is 0.730. The minimum absolute atomic E-state index is 0.149. The summed E-state index contributed by atoms with van der Waals surface area (Å²) in [5, 5.41) is 8.73. The third-order valence-corrected chi connectivity index (χ3v) is 4.31. The monoisotopic (exact) mass is 371 g/mol. The fourth-order valence-electron chi connectivity index (χ4n) is 2.75. The van der Waals surface area contributed by atoms with Gasteiger partial charge >= 0.3 is 0 Å². The summed E-state index contributed by atoms with van der Waals surface area (Å²) in [4.78, 5) is 24.0. The lowest BCUT2D eigenvalue weighted by Gasteiger charge is -2.24. The molecule has 1 heterocycles. The van der Waals surface area contributed by atoms with E-state index >= 15 is 0 Å². The zero-order chi connectivity index (χ0) is 19.4. The molecule has 27 heavy (non-hydrogen) atoms. The lowest BCUT2D eigenvalue weighted by molar-refractivity contribution is -0.123. The van der Waals surface area contributed by atoms with Crippen LogP contribution >= 0.6 is 0 Å². The first kappa shape index (κ1) is 18.7. The van der Waals surface area contributed by atoms with Crippen LogP contribution in [0.1, 0.15) is 19.4 Å². The fraction of sp³-hybridized carbons (Fsp3) is 0.300. The van der Waals surface area contributed by atoms with E-state index in [1.54, 1.807) is 44.2 Å². The van der Waals surface area contributed by atoms with Crippen molar-refractivity contribution in [3.63, 3.8) is 0 Å². The van der Waals surface area contributed by atoms with Crippen molar-refractivity contribution in [1.82, 2.24) is 5.32 Å². The van der Waals surface area contributed by atoms with Gasteiger partial charge in [0, 0.05) is 12.2 Å². The second-order valence-electron chi connectivity index (χ2n) is 6.49. The number of rotatable bonds is 6. The number of nitrogens with one attached hydrogen (secondary N) is 3. The molecule has 0 saturated carbocycles. The summed E-state index contributed by atoms with van der Waals surface area (Å²) in [6.45, 7) is 3.90. The van der Waals surface area contributed by atoms with Crippen LogP contribution in [-0.2, 0) is 16.0 Å². The Labute approximate surface area is 157 Å². The highest BCUT2D eigenvalue weighted by molar-refractivity contribution is 5.98. The fourth-order valence-corrected chi connectivity index (χ4v) is 2.75. The van der Waals surface area contributed by atoms with E-state index in [9.17, 15) is 14.0 Å². The Hall–Kier alpha value is -3.09. The molecule has 1 aliphatic rings. The summed E-state index contributed by atoms with van der Waals surface area (Å²) in [6.07, 6.45) is 0.0983. The summed E-state index contributed by atoms with van der Waals surface area (Å²) in [5.41, 5.74) is 2.23. The van der Waals surface area contributed by atoms with Crippen LogP contribution in [0.25, 0.3) is 0 Å². The smallest absolute Gasteiger partial charge is 0.265 e. The highest BCUT2D eigenvalue weighted by Gasteiger charge is 2.23. The van der Waals surface area contributed by atoms with E-state index < -0.39 is 12.1 Å². The van der Waals surface area contributed by atoms with E-state index in [1.807, 2.05) is 0 Å². The molecule has 0 saturated heterocycles. The second-order valence-corrected chi connectivity index (χ2v) is 6.49. The molecular formula is C20H22FN3O3. The van der Waals surface area contributed by atoms with Crippen molar-refractivity contribution in [3.8, 4) is 5.75 Å². The Morgan fingerprint density at radius 1 is 1.26 bits per heavy atom. The first-order chi connectivity index (χ1) is 12.9. The van der Waals surface area contributed by atoms with Crippen LogP contribution in [0, 0.1) is 5.82 Å². The Morgan fingerprint density at radius 2 is 2.00 bits per heavy atom. The van der Waals surface area contributed by atoms with Crippen LogP contribution in [0.4, 0.5) is 15.8 Å². The highest BCUT2D eigenvalue weighted by atomic mass is 19.1. The van der Waals surface area contributed by atoms with Crippen LogP contribution < -0.4 is 20.7 Å². The van der Waals surface area contributed by atoms with E-state index in [2.05, 4.69) is 16.0 Å². The number of hydrogen-bond donors (Lipinski definition) is 3. The highest BCUT2D eigenvalue weighted by Crippen LogP contribution is 2.32. The molecule has 0 fully saturated rings. The van der Waals surface area contributed by atoms with Gasteiger partial charge in [-0.2, -0.15) is 0 Å². The molecule has 3 rings (SSSR count). The van der Waals surface area contributed by atoms with Crippen LogP contribution in [0.15, 0.2) is 42.5 Å². The van der Waals surface area contributed by atoms with Gasteiger partial charge in [0.15, 0.2) is 6.10 Å². The number of benzene rings is 2. The van der Waals surface area contributed by atoms with Crippen molar-refractivity contribution < 1.29 is 18.7 Å². The van der Waals surface area contributed by atoms with Crippen molar-refractivity contribution in [3.05, 3.63) is 53.8 Å². The number of anilines is 2. The van der Waals surface area contributed by atoms with Gasteiger partial charge in [-0.1, -0.05) is 12.1 Å². The molecule has 1 aliphatic heterocycles. The maximum atomic E-state index is 12.9. The lowest BCUT2D eigenvalue weighted by Crippen LogP contribution is -2.38. The SMILES string of the molecule is C[C@H](Nc1ccc2c(c1)NC(=O)[C@@H](C)O2)C(=O)NCCc1ccc(F)cc1. The van der Waals surface area contributed by atoms with Gasteiger partial charge in [0.2, 0.25) is 5.91 Å². The Morgan fingerprint density at radius 3 is 2.74 bits per heavy atom. The maximum Gasteiger partial charge on any atom is 0.265 e. The van der Waals surface area contributed by atoms with Gasteiger partial charge in [0.05, 0.1) is 5.69 Å². The summed E-state index contributed by atoms with van der Waals surface area (Å²) in [6, 6.07) is 11.0. The summed E-state index contributed by atoms with van der Waals surface area (Å²) in [7, 11) is 0. The molecule has 0 radical (unpaired) electrons. The van der Waals surface area contributed by atoms with Crippen molar-refractivity contribution in [2.24, 2.45) is 0 Å². The molecule has 2 aromatic carbocycles. The van der Waals surface area contributed by atoms with Gasteiger partial charge in [-0.3, -0.25) is 9.59 Å². The van der Waals surface area contributed by atoms with Gasteiger partial charge in [-0.25, -0.2) is 4.39 Å². The summed E-state index contributed by atoms with van der Waals surface area (Å²) in [5.74, 6) is -0.0271. The van der Waals surface area contributed by atoms with Gasteiger partial charge in [-0.05, 0) is 56.2 Å². The minimum Gasteiger partial charge on any atom is -0.479 e. The van der Waals surface area contributed by atoms with Gasteiger partial charge in [-0.15, -0.1) is 0 Å². The molecule has 6 nitrogen and oxygen atoms in total. The molecule has 0 bridgehead atoms. The number of ether oxygens (including phenoxy) is 1. The number of hydrogen-bond acceptors (Lipinski definition) is 4. The molecule has 0 unspecified atom stereocenters. The van der Waals surface area contributed by atoms with Crippen molar-refractivity contribution in [2.45, 2.75) is 32.4 Å². The van der Waals surface area contributed by atoms with Crippen molar-refractivity contribution in [1.29, 1.82) is 0 Å². The molecule has 2 atom stereocenters. The first-order valence-electron chi connectivity index (χ1n) is 8.82. The third-order valence-electron chi connectivity index (χ3n) is 4.31. The number of halogens is 1. The molecule has 0 aliphatic carbocycles. The second kappa shape index (κ2) is 8.07. The number of carbonyl (C=O) groups is 2. The van der Waals surface area contributed by atoms with E-state index in [1.165, 1.54) is 12.1 Å². The van der Waals surface area contributed by atoms with Gasteiger partial charge < -0.3 is 20.7 Å². The first-order valence-corrected chi connectivity index (χ1v) is 8.82. The predicted octanol–water partition coefficient (Wildman–Crippen LogP) is 2.70. The number of carbonyl (C=O) groups excluding carboxylic acids is 2. The predicted molar refractivity (Wildman–Crippen MR) is 101 cm³/mol. The third kappa shape index (κ3) is 4.75. The van der Waals surface area contributed by atoms with Gasteiger partial charge in [0.1, 0.15) is 17.6 Å². The molecular weight excluding hydrogens is 349 g/mol. The standard InChI is InChI=1S/C20H22FN3O3/c1-12(19(25)22-10-9-14-3-5-15(21)6-4-14)23-16-7-8-18-17(11-16)24-20(26)13(2)27-18/h3-8,11-13,23H,9-10H2,1-2H3,(H,22,25)(H,24,26)/t12-,13+/m0/s1. The molecule has 3 N–H and O–H groups in total. The van der Waals surface area contributed by atoms with E-state index in [0.29, 0.717) is 30.1 Å². The maximum absolute atomic E-state index is 12.9. The normalized spacial score (nSPS) is 16.6. The molecule has 2 aromatic rings. The average molecular weight is 371 g/mol. The van der Waals surface area contributed by atoms with Crippen LogP contribution in [-0.4, -0.2) is 30.5 Å². The molecule has 7 heteroatoms. The topological polar surface area (TPSA) is 79.5 Å². The Balaban J connectivity index is 1.51. The van der Waals surface area contributed by atoms with Crippen LogP contribution in [0.3, 0.4) is 0 Å². The van der Waals surface area contributed by atoms with Crippen LogP contribution in [0.2, 0.25) is 0 Å². The zero-order valence-electron chi connectivity index (χ0n) is 15.2. The Kier molecular flexibility index (Phi) is 5.59. The van der Waals surface area contributed by atoms with Crippen molar-refractivity contribution in [2.75, 3.05) is 17.2 Å². The lowest BCUT2D eigenvalue weighted by atomic mass is 10.1. The van der Waals surface area contributed by atoms with E-state index in [-0.39, 0.29) is 17.6 Å². The molecule has 0 spiro atoms. The van der Waals surface area contributed by atoms with Gasteiger partial charge in [0.25, 0.3) is 5.91 Å². The number of fused-ring (bicyclic) bond motifs is 1. The van der Waals surface area contributed by atoms with E-state index in [0.717, 1.165) is 5.56 Å². The molecule has 142 valence electrons. The van der Waals surface area contributed by atoms with Crippen molar-refractivity contribution >= 4 is 23.2 Å². The summed E-state index contributed by atoms with van der Waals surface area (Å²) >= 11 is 0. The minimum atomic E-state index is -0.526. The van der Waals surface area contributed by atoms with E-state index in [4.69, 9.17) is 4.74 Å².